The Bertz CT molecular complexity index is 391. The van der Waals surface area contributed by atoms with Gasteiger partial charge in [-0.2, -0.15) is 0 Å². The highest BCUT2D eigenvalue weighted by atomic mass is 16.1. The predicted octanol–water partition coefficient (Wildman–Crippen LogP) is 0.394. The molecule has 0 saturated carbocycles. The fraction of sp³-hybridized carbons (Fsp3) is 0.500. The normalized spacial score (nSPS) is 20.1. The fourth-order valence-electron chi connectivity index (χ4n) is 1.49. The van der Waals surface area contributed by atoms with Gasteiger partial charge in [0.15, 0.2) is 0 Å². The molecule has 1 unspecified atom stereocenters. The Balaban J connectivity index is 2.05. The Morgan fingerprint density at radius 1 is 1.53 bits per heavy atom. The lowest BCUT2D eigenvalue weighted by Crippen LogP contribution is -2.23. The Hall–Kier alpha value is -1.65. The summed E-state index contributed by atoms with van der Waals surface area (Å²) >= 11 is 0. The molecule has 80 valence electrons. The van der Waals surface area contributed by atoms with E-state index in [9.17, 15) is 4.79 Å². The molecule has 1 aliphatic heterocycles. The third kappa shape index (κ3) is 2.23. The van der Waals surface area contributed by atoms with Gasteiger partial charge in [-0.1, -0.05) is 0 Å². The van der Waals surface area contributed by atoms with Crippen LogP contribution in [-0.2, 0) is 4.79 Å². The van der Waals surface area contributed by atoms with Crippen LogP contribution >= 0.6 is 0 Å². The Labute approximate surface area is 88.3 Å². The van der Waals surface area contributed by atoms with Crippen LogP contribution in [0.25, 0.3) is 0 Å². The van der Waals surface area contributed by atoms with Crippen LogP contribution in [0.2, 0.25) is 0 Å². The minimum absolute atomic E-state index is 0.0799. The molecule has 2 N–H and O–H groups in total. The van der Waals surface area contributed by atoms with Crippen LogP contribution in [-0.4, -0.2) is 28.5 Å². The van der Waals surface area contributed by atoms with Gasteiger partial charge in [0.2, 0.25) is 11.9 Å². The Morgan fingerprint density at radius 3 is 2.93 bits per heavy atom. The summed E-state index contributed by atoms with van der Waals surface area (Å²) in [7, 11) is 0. The maximum Gasteiger partial charge on any atom is 0.223 e. The summed E-state index contributed by atoms with van der Waals surface area (Å²) in [6.45, 7) is 4.56. The highest BCUT2D eigenvalue weighted by molar-refractivity contribution is 5.79. The molecule has 1 saturated heterocycles. The van der Waals surface area contributed by atoms with Crippen LogP contribution in [0.5, 0.6) is 0 Å². The topological polar surface area (TPSA) is 66.9 Å². The molecule has 1 atom stereocenters. The fourth-order valence-corrected chi connectivity index (χ4v) is 1.49. The average Bonchev–Trinajstić information content (AvgIpc) is 2.58. The van der Waals surface area contributed by atoms with Gasteiger partial charge in [0, 0.05) is 24.9 Å². The number of hydrogen-bond donors (Lipinski definition) is 2. The van der Waals surface area contributed by atoms with Gasteiger partial charge in [-0.05, 0) is 19.4 Å². The smallest absolute Gasteiger partial charge is 0.223 e. The number of carbonyl (C=O) groups excluding carboxylic acids is 1. The van der Waals surface area contributed by atoms with Gasteiger partial charge in [-0.25, -0.2) is 9.97 Å². The van der Waals surface area contributed by atoms with E-state index >= 15 is 0 Å². The monoisotopic (exact) mass is 206 g/mol. The molecule has 0 aromatic carbocycles. The van der Waals surface area contributed by atoms with Gasteiger partial charge in [0.25, 0.3) is 0 Å². The van der Waals surface area contributed by atoms with Crippen molar-refractivity contribution >= 4 is 11.9 Å². The lowest BCUT2D eigenvalue weighted by Gasteiger charge is -2.10. The summed E-state index contributed by atoms with van der Waals surface area (Å²) in [5.41, 5.74) is 2.03. The van der Waals surface area contributed by atoms with Crippen molar-refractivity contribution in [1.29, 1.82) is 0 Å². The third-order valence-corrected chi connectivity index (χ3v) is 2.54. The van der Waals surface area contributed by atoms with Crippen molar-refractivity contribution in [2.75, 3.05) is 11.9 Å². The quantitative estimate of drug-likeness (QED) is 0.734. The standard InChI is InChI=1S/C10H14N4O/c1-6-4-12-10(13-7(6)2)14-8-3-9(15)11-5-8/h4,8H,3,5H2,1-2H3,(H,11,15)(H,12,13,14). The van der Waals surface area contributed by atoms with E-state index in [1.165, 1.54) is 0 Å². The number of nitrogens with one attached hydrogen (secondary N) is 2. The summed E-state index contributed by atoms with van der Waals surface area (Å²) in [5.74, 6) is 0.677. The van der Waals surface area contributed by atoms with Crippen LogP contribution in [0.15, 0.2) is 6.20 Å². The van der Waals surface area contributed by atoms with E-state index in [0.29, 0.717) is 18.9 Å². The highest BCUT2D eigenvalue weighted by Gasteiger charge is 2.21. The molecule has 0 aliphatic carbocycles. The third-order valence-electron chi connectivity index (χ3n) is 2.54. The molecular formula is C10H14N4O. The van der Waals surface area contributed by atoms with Crippen LogP contribution < -0.4 is 10.6 Å². The predicted molar refractivity (Wildman–Crippen MR) is 56.5 cm³/mol. The summed E-state index contributed by atoms with van der Waals surface area (Å²) in [5, 5.41) is 5.89. The zero-order chi connectivity index (χ0) is 10.8. The summed E-state index contributed by atoms with van der Waals surface area (Å²) in [6, 6.07) is 0.111. The van der Waals surface area contributed by atoms with E-state index < -0.39 is 0 Å². The molecule has 5 nitrogen and oxygen atoms in total. The maximum atomic E-state index is 11.0. The zero-order valence-electron chi connectivity index (χ0n) is 8.87. The van der Waals surface area contributed by atoms with Gasteiger partial charge < -0.3 is 10.6 Å². The van der Waals surface area contributed by atoms with Crippen molar-refractivity contribution in [1.82, 2.24) is 15.3 Å². The van der Waals surface area contributed by atoms with Gasteiger partial charge in [-0.15, -0.1) is 0 Å². The molecule has 1 aromatic heterocycles. The molecular weight excluding hydrogens is 192 g/mol. The second-order valence-corrected chi connectivity index (χ2v) is 3.81. The molecule has 0 spiro atoms. The Kier molecular flexibility index (Phi) is 2.53. The summed E-state index contributed by atoms with van der Waals surface area (Å²) in [6.07, 6.45) is 2.28. The molecule has 1 aromatic rings. The van der Waals surface area contributed by atoms with E-state index in [-0.39, 0.29) is 11.9 Å². The van der Waals surface area contributed by atoms with E-state index in [1.54, 1.807) is 6.20 Å². The molecule has 1 amide bonds. The van der Waals surface area contributed by atoms with Gasteiger partial charge in [-0.3, -0.25) is 4.79 Å². The largest absolute Gasteiger partial charge is 0.354 e. The van der Waals surface area contributed by atoms with Gasteiger partial charge >= 0.3 is 0 Å². The van der Waals surface area contributed by atoms with Crippen molar-refractivity contribution in [3.05, 3.63) is 17.5 Å². The molecule has 1 aliphatic rings. The van der Waals surface area contributed by atoms with Crippen LogP contribution in [0, 0.1) is 13.8 Å². The van der Waals surface area contributed by atoms with E-state index in [1.807, 2.05) is 13.8 Å². The number of carbonyl (C=O) groups is 1. The van der Waals surface area contributed by atoms with Crippen molar-refractivity contribution < 1.29 is 4.79 Å². The zero-order valence-corrected chi connectivity index (χ0v) is 8.87. The summed E-state index contributed by atoms with van der Waals surface area (Å²) < 4.78 is 0. The van der Waals surface area contributed by atoms with Gasteiger partial charge in [0.05, 0.1) is 6.04 Å². The number of rotatable bonds is 2. The van der Waals surface area contributed by atoms with Gasteiger partial charge in [0.1, 0.15) is 0 Å². The number of anilines is 1. The minimum Gasteiger partial charge on any atom is -0.354 e. The minimum atomic E-state index is 0.0799. The number of amides is 1. The van der Waals surface area contributed by atoms with Crippen molar-refractivity contribution in [2.24, 2.45) is 0 Å². The molecule has 15 heavy (non-hydrogen) atoms. The maximum absolute atomic E-state index is 11.0. The molecule has 2 heterocycles. The molecule has 1 fully saturated rings. The van der Waals surface area contributed by atoms with Crippen LogP contribution in [0.4, 0.5) is 5.95 Å². The average molecular weight is 206 g/mol. The molecule has 2 rings (SSSR count). The van der Waals surface area contributed by atoms with Crippen molar-refractivity contribution in [2.45, 2.75) is 26.3 Å². The number of aryl methyl sites for hydroxylation is 2. The van der Waals surface area contributed by atoms with Crippen molar-refractivity contribution in [3.8, 4) is 0 Å². The Morgan fingerprint density at radius 2 is 2.33 bits per heavy atom. The van der Waals surface area contributed by atoms with Crippen molar-refractivity contribution in [3.63, 3.8) is 0 Å². The first kappa shape index (κ1) is 9.89. The van der Waals surface area contributed by atoms with E-state index in [4.69, 9.17) is 0 Å². The number of aromatic nitrogens is 2. The van der Waals surface area contributed by atoms with Crippen LogP contribution in [0.1, 0.15) is 17.7 Å². The van der Waals surface area contributed by atoms with E-state index in [2.05, 4.69) is 20.6 Å². The lowest BCUT2D eigenvalue weighted by molar-refractivity contribution is -0.119. The molecule has 0 bridgehead atoms. The molecule has 5 heteroatoms. The first-order valence-corrected chi connectivity index (χ1v) is 4.98. The number of nitrogens with zero attached hydrogens (tertiary/aromatic N) is 2. The highest BCUT2D eigenvalue weighted by Crippen LogP contribution is 2.09. The molecule has 0 radical (unpaired) electrons. The summed E-state index contributed by atoms with van der Waals surface area (Å²) in [4.78, 5) is 19.4. The first-order valence-electron chi connectivity index (χ1n) is 4.98. The van der Waals surface area contributed by atoms with E-state index in [0.717, 1.165) is 11.3 Å². The second-order valence-electron chi connectivity index (χ2n) is 3.81. The second kappa shape index (κ2) is 3.84. The SMILES string of the molecule is Cc1cnc(NC2CNC(=O)C2)nc1C. The number of hydrogen-bond acceptors (Lipinski definition) is 4. The van der Waals surface area contributed by atoms with Crippen LogP contribution in [0.3, 0.4) is 0 Å². The first-order chi connectivity index (χ1) is 7.15. The lowest BCUT2D eigenvalue weighted by atomic mass is 10.2.